The number of carbonyl (C=O) groups is 1. The SMILES string of the molecule is CCCCn1nnc(NC(=S)NC(=O)c2ccc(C(C)(C)C)cc2)n1. The summed E-state index contributed by atoms with van der Waals surface area (Å²) in [6.45, 7) is 9.17. The summed E-state index contributed by atoms with van der Waals surface area (Å²) in [7, 11) is 0. The summed E-state index contributed by atoms with van der Waals surface area (Å²) in [4.78, 5) is 13.8. The third kappa shape index (κ3) is 5.60. The van der Waals surface area contributed by atoms with Crippen LogP contribution in [0.1, 0.15) is 56.5 Å². The van der Waals surface area contributed by atoms with E-state index in [4.69, 9.17) is 12.2 Å². The van der Waals surface area contributed by atoms with Gasteiger partial charge in [0.05, 0.1) is 6.54 Å². The van der Waals surface area contributed by atoms with Crippen molar-refractivity contribution in [1.29, 1.82) is 0 Å². The number of amides is 1. The van der Waals surface area contributed by atoms with E-state index in [9.17, 15) is 4.79 Å². The summed E-state index contributed by atoms with van der Waals surface area (Å²) in [5.41, 5.74) is 1.75. The van der Waals surface area contributed by atoms with Gasteiger partial charge in [0.1, 0.15) is 0 Å². The molecule has 1 heterocycles. The number of tetrazole rings is 1. The van der Waals surface area contributed by atoms with Gasteiger partial charge in [0.2, 0.25) is 0 Å². The number of hydrogen-bond donors (Lipinski definition) is 2. The molecule has 0 spiro atoms. The van der Waals surface area contributed by atoms with E-state index in [1.54, 1.807) is 12.1 Å². The van der Waals surface area contributed by atoms with Gasteiger partial charge in [0.15, 0.2) is 5.11 Å². The molecule has 0 bridgehead atoms. The van der Waals surface area contributed by atoms with Gasteiger partial charge >= 0.3 is 0 Å². The minimum atomic E-state index is -0.281. The van der Waals surface area contributed by atoms with Gasteiger partial charge in [0.25, 0.3) is 11.9 Å². The number of aryl methyl sites for hydroxylation is 1. The van der Waals surface area contributed by atoms with Crippen molar-refractivity contribution in [3.8, 4) is 0 Å². The molecule has 1 aromatic heterocycles. The highest BCUT2D eigenvalue weighted by Crippen LogP contribution is 2.22. The number of aromatic nitrogens is 4. The average Bonchev–Trinajstić information content (AvgIpc) is 2.99. The minimum Gasteiger partial charge on any atom is -0.299 e. The Labute approximate surface area is 153 Å². The number of thiocarbonyl (C=S) groups is 1. The predicted octanol–water partition coefficient (Wildman–Crippen LogP) is 2.90. The Kier molecular flexibility index (Phi) is 6.19. The fourth-order valence-corrected chi connectivity index (χ4v) is 2.30. The van der Waals surface area contributed by atoms with Gasteiger partial charge in [-0.3, -0.25) is 15.4 Å². The summed E-state index contributed by atoms with van der Waals surface area (Å²) in [6.07, 6.45) is 2.02. The molecule has 0 fully saturated rings. The van der Waals surface area contributed by atoms with E-state index >= 15 is 0 Å². The quantitative estimate of drug-likeness (QED) is 0.798. The van der Waals surface area contributed by atoms with Crippen molar-refractivity contribution >= 4 is 29.2 Å². The second-order valence-corrected chi connectivity index (χ2v) is 7.21. The molecule has 0 aliphatic carbocycles. The average molecular weight is 360 g/mol. The number of benzene rings is 1. The first kappa shape index (κ1) is 19.0. The minimum absolute atomic E-state index is 0.0428. The molecule has 0 saturated heterocycles. The van der Waals surface area contributed by atoms with E-state index < -0.39 is 0 Å². The Balaban J connectivity index is 1.91. The van der Waals surface area contributed by atoms with Crippen LogP contribution in [0.2, 0.25) is 0 Å². The van der Waals surface area contributed by atoms with Crippen molar-refractivity contribution in [2.45, 2.75) is 52.5 Å². The molecule has 2 rings (SSSR count). The van der Waals surface area contributed by atoms with E-state index in [0.717, 1.165) is 18.4 Å². The van der Waals surface area contributed by atoms with E-state index in [-0.39, 0.29) is 22.4 Å². The van der Waals surface area contributed by atoms with Crippen molar-refractivity contribution in [2.75, 3.05) is 5.32 Å². The summed E-state index contributed by atoms with van der Waals surface area (Å²) >= 11 is 5.13. The smallest absolute Gasteiger partial charge is 0.269 e. The molecule has 25 heavy (non-hydrogen) atoms. The molecule has 2 N–H and O–H groups in total. The summed E-state index contributed by atoms with van der Waals surface area (Å²) in [6, 6.07) is 7.48. The molecule has 0 atom stereocenters. The van der Waals surface area contributed by atoms with Crippen LogP contribution in [0.4, 0.5) is 5.95 Å². The first-order valence-corrected chi connectivity index (χ1v) is 8.71. The Morgan fingerprint density at radius 1 is 1.24 bits per heavy atom. The van der Waals surface area contributed by atoms with Crippen molar-refractivity contribution in [3.63, 3.8) is 0 Å². The zero-order valence-corrected chi connectivity index (χ0v) is 15.9. The van der Waals surface area contributed by atoms with Gasteiger partial charge in [-0.05, 0) is 47.0 Å². The van der Waals surface area contributed by atoms with Crippen molar-refractivity contribution in [3.05, 3.63) is 35.4 Å². The van der Waals surface area contributed by atoms with Crippen LogP contribution in [0, 0.1) is 0 Å². The van der Waals surface area contributed by atoms with Gasteiger partial charge in [0, 0.05) is 5.56 Å². The Morgan fingerprint density at radius 3 is 2.52 bits per heavy atom. The van der Waals surface area contributed by atoms with E-state index in [1.807, 2.05) is 12.1 Å². The largest absolute Gasteiger partial charge is 0.299 e. The number of rotatable bonds is 5. The standard InChI is InChI=1S/C17H24N6OS/c1-5-6-11-23-21-15(20-22-23)19-16(25)18-14(24)12-7-9-13(10-8-12)17(2,3)4/h7-10H,5-6,11H2,1-4H3,(H2,18,19,21,24,25). The molecule has 0 radical (unpaired) electrons. The Morgan fingerprint density at radius 2 is 1.92 bits per heavy atom. The molecular weight excluding hydrogens is 336 g/mol. The van der Waals surface area contributed by atoms with Crippen LogP contribution in [-0.4, -0.2) is 31.2 Å². The molecule has 1 amide bonds. The predicted molar refractivity (Wildman–Crippen MR) is 102 cm³/mol. The third-order valence-electron chi connectivity index (χ3n) is 3.63. The van der Waals surface area contributed by atoms with Gasteiger partial charge < -0.3 is 0 Å². The lowest BCUT2D eigenvalue weighted by atomic mass is 9.87. The van der Waals surface area contributed by atoms with Crippen LogP contribution in [0.25, 0.3) is 0 Å². The lowest BCUT2D eigenvalue weighted by molar-refractivity contribution is 0.0977. The van der Waals surface area contributed by atoms with Gasteiger partial charge in [-0.1, -0.05) is 51.3 Å². The number of carbonyl (C=O) groups excluding carboxylic acids is 1. The van der Waals surface area contributed by atoms with Crippen LogP contribution in [-0.2, 0) is 12.0 Å². The molecular formula is C17H24N6OS. The molecule has 134 valence electrons. The maximum absolute atomic E-state index is 12.3. The van der Waals surface area contributed by atoms with E-state index in [0.29, 0.717) is 12.1 Å². The highest BCUT2D eigenvalue weighted by atomic mass is 32.1. The lowest BCUT2D eigenvalue weighted by Gasteiger charge is -2.19. The molecule has 0 unspecified atom stereocenters. The fourth-order valence-electron chi connectivity index (χ4n) is 2.12. The van der Waals surface area contributed by atoms with Crippen LogP contribution < -0.4 is 10.6 Å². The van der Waals surface area contributed by atoms with Crippen LogP contribution >= 0.6 is 12.2 Å². The summed E-state index contributed by atoms with van der Waals surface area (Å²) in [5, 5.41) is 17.5. The maximum atomic E-state index is 12.3. The van der Waals surface area contributed by atoms with Crippen LogP contribution in [0.15, 0.2) is 24.3 Å². The molecule has 0 aliphatic rings. The second-order valence-electron chi connectivity index (χ2n) is 6.80. The molecule has 2 aromatic rings. The van der Waals surface area contributed by atoms with Crippen molar-refractivity contribution < 1.29 is 4.79 Å². The summed E-state index contributed by atoms with van der Waals surface area (Å²) < 4.78 is 0. The highest BCUT2D eigenvalue weighted by Gasteiger charge is 2.15. The molecule has 0 aliphatic heterocycles. The van der Waals surface area contributed by atoms with Crippen molar-refractivity contribution in [1.82, 2.24) is 25.5 Å². The molecule has 0 saturated carbocycles. The number of anilines is 1. The third-order valence-corrected chi connectivity index (χ3v) is 3.83. The number of hydrogen-bond acceptors (Lipinski definition) is 5. The molecule has 1 aromatic carbocycles. The number of nitrogens with one attached hydrogen (secondary N) is 2. The Hall–Kier alpha value is -2.35. The van der Waals surface area contributed by atoms with Crippen molar-refractivity contribution in [2.24, 2.45) is 0 Å². The number of nitrogens with zero attached hydrogens (tertiary/aromatic N) is 4. The number of unbranched alkanes of at least 4 members (excludes halogenated alkanes) is 1. The summed E-state index contributed by atoms with van der Waals surface area (Å²) in [5.74, 6) is -0.0131. The zero-order valence-electron chi connectivity index (χ0n) is 15.0. The highest BCUT2D eigenvalue weighted by molar-refractivity contribution is 7.80. The molecule has 7 nitrogen and oxygen atoms in total. The zero-order chi connectivity index (χ0) is 18.4. The normalized spacial score (nSPS) is 11.2. The van der Waals surface area contributed by atoms with Gasteiger partial charge in [-0.15, -0.1) is 5.10 Å². The molecule has 8 heteroatoms. The monoisotopic (exact) mass is 360 g/mol. The first-order chi connectivity index (χ1) is 11.8. The lowest BCUT2D eigenvalue weighted by Crippen LogP contribution is -2.34. The second kappa shape index (κ2) is 8.15. The van der Waals surface area contributed by atoms with E-state index in [1.165, 1.54) is 4.80 Å². The van der Waals surface area contributed by atoms with E-state index in [2.05, 4.69) is 53.7 Å². The first-order valence-electron chi connectivity index (χ1n) is 8.30. The van der Waals surface area contributed by atoms with Gasteiger partial charge in [-0.2, -0.15) is 4.80 Å². The van der Waals surface area contributed by atoms with Gasteiger partial charge in [-0.25, -0.2) is 0 Å². The van der Waals surface area contributed by atoms with Crippen LogP contribution in [0.5, 0.6) is 0 Å². The van der Waals surface area contributed by atoms with Crippen LogP contribution in [0.3, 0.4) is 0 Å². The Bertz CT molecular complexity index is 732. The fraction of sp³-hybridized carbons (Fsp3) is 0.471. The topological polar surface area (TPSA) is 84.7 Å². The maximum Gasteiger partial charge on any atom is 0.269 e.